The fraction of sp³-hybridized carbons (Fsp3) is 0.500. The van der Waals surface area contributed by atoms with Gasteiger partial charge in [-0.2, -0.15) is 0 Å². The summed E-state index contributed by atoms with van der Waals surface area (Å²) in [7, 11) is 0. The van der Waals surface area contributed by atoms with Crippen molar-refractivity contribution in [2.45, 2.75) is 26.2 Å². The molecule has 0 aliphatic carbocycles. The Balaban J connectivity index is 2.10. The molecule has 0 aromatic heterocycles. The van der Waals surface area contributed by atoms with Gasteiger partial charge in [0.05, 0.1) is 5.02 Å². The van der Waals surface area contributed by atoms with Gasteiger partial charge in [0.15, 0.2) is 5.78 Å². The van der Waals surface area contributed by atoms with Gasteiger partial charge in [-0.3, -0.25) is 4.79 Å². The second kappa shape index (κ2) is 5.81. The zero-order valence-corrected chi connectivity index (χ0v) is 11.2. The minimum absolute atomic E-state index is 0.0502. The summed E-state index contributed by atoms with van der Waals surface area (Å²) in [6.45, 7) is 3.55. The van der Waals surface area contributed by atoms with Gasteiger partial charge in [0.1, 0.15) is 5.82 Å². The number of hydrogen-bond donors (Lipinski definition) is 1. The van der Waals surface area contributed by atoms with E-state index in [-0.39, 0.29) is 11.6 Å². The number of piperidine rings is 1. The van der Waals surface area contributed by atoms with Crippen molar-refractivity contribution >= 4 is 17.4 Å². The van der Waals surface area contributed by atoms with Gasteiger partial charge in [-0.15, -0.1) is 0 Å². The summed E-state index contributed by atoms with van der Waals surface area (Å²) in [5, 5.41) is 3.61. The molecule has 0 atom stereocenters. The lowest BCUT2D eigenvalue weighted by atomic mass is 9.90. The summed E-state index contributed by atoms with van der Waals surface area (Å²) in [5.41, 5.74) is 0.789. The first-order chi connectivity index (χ1) is 8.58. The second-order valence-corrected chi connectivity index (χ2v) is 5.31. The van der Waals surface area contributed by atoms with Crippen LogP contribution in [0.15, 0.2) is 12.1 Å². The molecule has 0 amide bonds. The topological polar surface area (TPSA) is 29.1 Å². The van der Waals surface area contributed by atoms with E-state index in [1.807, 2.05) is 0 Å². The van der Waals surface area contributed by atoms with Crippen LogP contribution in [0.2, 0.25) is 5.02 Å². The molecule has 98 valence electrons. The lowest BCUT2D eigenvalue weighted by Crippen LogP contribution is -2.29. The van der Waals surface area contributed by atoms with E-state index in [4.69, 9.17) is 11.6 Å². The van der Waals surface area contributed by atoms with Crippen LogP contribution in [0.1, 0.15) is 35.2 Å². The Labute approximate surface area is 112 Å². The summed E-state index contributed by atoms with van der Waals surface area (Å²) in [6, 6.07) is 2.79. The van der Waals surface area contributed by atoms with Crippen LogP contribution in [0, 0.1) is 18.7 Å². The molecule has 2 nitrogen and oxygen atoms in total. The zero-order chi connectivity index (χ0) is 13.1. The molecule has 1 aromatic rings. The Morgan fingerprint density at radius 2 is 2.11 bits per heavy atom. The van der Waals surface area contributed by atoms with E-state index >= 15 is 0 Å². The Kier molecular flexibility index (Phi) is 4.36. The molecule has 1 aliphatic heterocycles. The molecule has 0 spiro atoms. The van der Waals surface area contributed by atoms with Crippen LogP contribution in [0.5, 0.6) is 0 Å². The van der Waals surface area contributed by atoms with Crippen LogP contribution in [-0.2, 0) is 0 Å². The minimum Gasteiger partial charge on any atom is -0.317 e. The second-order valence-electron chi connectivity index (χ2n) is 4.90. The Bertz CT molecular complexity index is 455. The number of rotatable bonds is 3. The van der Waals surface area contributed by atoms with Gasteiger partial charge < -0.3 is 5.32 Å². The van der Waals surface area contributed by atoms with Crippen LogP contribution in [-0.4, -0.2) is 18.9 Å². The summed E-state index contributed by atoms with van der Waals surface area (Å²) in [4.78, 5) is 12.1. The van der Waals surface area contributed by atoms with Crippen LogP contribution >= 0.6 is 11.6 Å². The fourth-order valence-electron chi connectivity index (χ4n) is 2.32. The van der Waals surface area contributed by atoms with Gasteiger partial charge in [-0.25, -0.2) is 4.39 Å². The number of nitrogens with one attached hydrogen (secondary N) is 1. The normalized spacial score (nSPS) is 16.8. The molecule has 2 rings (SSSR count). The fourth-order valence-corrected chi connectivity index (χ4v) is 2.64. The zero-order valence-electron chi connectivity index (χ0n) is 10.4. The molecule has 1 aromatic carbocycles. The minimum atomic E-state index is -0.368. The first kappa shape index (κ1) is 13.5. The highest BCUT2D eigenvalue weighted by Gasteiger charge is 2.20. The average molecular weight is 270 g/mol. The molecule has 1 N–H and O–H groups in total. The number of carbonyl (C=O) groups excluding carboxylic acids is 1. The molecular formula is C14H17ClFNO. The maximum Gasteiger partial charge on any atom is 0.164 e. The molecule has 0 radical (unpaired) electrons. The van der Waals surface area contributed by atoms with E-state index in [2.05, 4.69) is 5.32 Å². The highest BCUT2D eigenvalue weighted by Crippen LogP contribution is 2.25. The maximum absolute atomic E-state index is 13.5. The molecule has 1 aliphatic rings. The van der Waals surface area contributed by atoms with Gasteiger partial charge in [0.2, 0.25) is 0 Å². The van der Waals surface area contributed by atoms with Crippen molar-refractivity contribution in [1.82, 2.24) is 5.32 Å². The van der Waals surface area contributed by atoms with Gasteiger partial charge in [-0.1, -0.05) is 11.6 Å². The lowest BCUT2D eigenvalue weighted by molar-refractivity contribution is 0.0952. The summed E-state index contributed by atoms with van der Waals surface area (Å²) in [6.07, 6.45) is 2.46. The molecule has 4 heteroatoms. The Morgan fingerprint density at radius 1 is 1.44 bits per heavy atom. The standard InChI is InChI=1S/C14H17ClFNO/c1-9-6-12(15)11(8-13(9)16)14(18)7-10-2-4-17-5-3-10/h6,8,10,17H,2-5,7H2,1H3. The molecular weight excluding hydrogens is 253 g/mol. The van der Waals surface area contributed by atoms with Crippen molar-refractivity contribution in [1.29, 1.82) is 0 Å². The first-order valence-corrected chi connectivity index (χ1v) is 6.65. The SMILES string of the molecule is Cc1cc(Cl)c(C(=O)CC2CCNCC2)cc1F. The first-order valence-electron chi connectivity index (χ1n) is 6.27. The van der Waals surface area contributed by atoms with Gasteiger partial charge >= 0.3 is 0 Å². The molecule has 1 fully saturated rings. The smallest absolute Gasteiger partial charge is 0.164 e. The third-order valence-corrected chi connectivity index (χ3v) is 3.79. The van der Waals surface area contributed by atoms with E-state index < -0.39 is 0 Å². The van der Waals surface area contributed by atoms with E-state index in [0.717, 1.165) is 25.9 Å². The molecule has 0 unspecified atom stereocenters. The van der Waals surface area contributed by atoms with Gasteiger partial charge in [0, 0.05) is 12.0 Å². The molecule has 1 heterocycles. The molecule has 0 saturated carbocycles. The van der Waals surface area contributed by atoms with Crippen molar-refractivity contribution < 1.29 is 9.18 Å². The Hall–Kier alpha value is -0.930. The summed E-state index contributed by atoms with van der Waals surface area (Å²) >= 11 is 6.01. The van der Waals surface area contributed by atoms with E-state index in [9.17, 15) is 9.18 Å². The molecule has 1 saturated heterocycles. The number of ketones is 1. The van der Waals surface area contributed by atoms with Gasteiger partial charge in [-0.05, 0) is 56.5 Å². The van der Waals surface area contributed by atoms with Crippen LogP contribution in [0.25, 0.3) is 0 Å². The average Bonchev–Trinajstić information content (AvgIpc) is 2.35. The van der Waals surface area contributed by atoms with Crippen LogP contribution in [0.4, 0.5) is 4.39 Å². The van der Waals surface area contributed by atoms with E-state index in [1.54, 1.807) is 6.92 Å². The van der Waals surface area contributed by atoms with Crippen molar-refractivity contribution in [2.24, 2.45) is 5.92 Å². The molecule has 0 bridgehead atoms. The lowest BCUT2D eigenvalue weighted by Gasteiger charge is -2.22. The van der Waals surface area contributed by atoms with Crippen LogP contribution in [0.3, 0.4) is 0 Å². The highest BCUT2D eigenvalue weighted by molar-refractivity contribution is 6.34. The number of benzene rings is 1. The monoisotopic (exact) mass is 269 g/mol. The largest absolute Gasteiger partial charge is 0.317 e. The Morgan fingerprint density at radius 3 is 2.78 bits per heavy atom. The van der Waals surface area contributed by atoms with Crippen LogP contribution < -0.4 is 5.32 Å². The molecule has 18 heavy (non-hydrogen) atoms. The number of carbonyl (C=O) groups is 1. The van der Waals surface area contributed by atoms with E-state index in [0.29, 0.717) is 28.5 Å². The van der Waals surface area contributed by atoms with E-state index in [1.165, 1.54) is 12.1 Å². The van der Waals surface area contributed by atoms with Crippen molar-refractivity contribution in [3.63, 3.8) is 0 Å². The van der Waals surface area contributed by atoms with Crippen molar-refractivity contribution in [2.75, 3.05) is 13.1 Å². The number of halogens is 2. The number of Topliss-reactive ketones (excluding diaryl/α,β-unsaturated/α-hetero) is 1. The van der Waals surface area contributed by atoms with Crippen molar-refractivity contribution in [3.8, 4) is 0 Å². The number of hydrogen-bond acceptors (Lipinski definition) is 2. The predicted molar refractivity (Wildman–Crippen MR) is 70.7 cm³/mol. The summed E-state index contributed by atoms with van der Waals surface area (Å²) in [5.74, 6) is -0.0296. The quantitative estimate of drug-likeness (QED) is 0.853. The van der Waals surface area contributed by atoms with Gasteiger partial charge in [0.25, 0.3) is 0 Å². The maximum atomic E-state index is 13.5. The summed E-state index contributed by atoms with van der Waals surface area (Å²) < 4.78 is 13.5. The third-order valence-electron chi connectivity index (χ3n) is 3.48. The number of aryl methyl sites for hydroxylation is 1. The van der Waals surface area contributed by atoms with Crippen molar-refractivity contribution in [3.05, 3.63) is 34.1 Å². The predicted octanol–water partition coefficient (Wildman–Crippen LogP) is 3.36. The highest BCUT2D eigenvalue weighted by atomic mass is 35.5. The third kappa shape index (κ3) is 3.09.